The van der Waals surface area contributed by atoms with E-state index in [1.54, 1.807) is 12.3 Å². The van der Waals surface area contributed by atoms with Gasteiger partial charge in [0.2, 0.25) is 0 Å². The molecule has 0 atom stereocenters. The first-order chi connectivity index (χ1) is 8.18. The molecule has 0 radical (unpaired) electrons. The Morgan fingerprint density at radius 3 is 3.00 bits per heavy atom. The van der Waals surface area contributed by atoms with E-state index in [0.717, 1.165) is 11.3 Å². The number of carbonyl (C=O) groups excluding carboxylic acids is 1. The maximum absolute atomic E-state index is 12.2. The Kier molecular flexibility index (Phi) is 1.82. The summed E-state index contributed by atoms with van der Waals surface area (Å²) in [4.78, 5) is 12.2. The summed E-state index contributed by atoms with van der Waals surface area (Å²) in [5.74, 6) is 0.257. The minimum Gasteiger partial charge on any atom is -0.386 e. The summed E-state index contributed by atoms with van der Waals surface area (Å²) in [5, 5.41) is 9.60. The molecule has 84 valence electrons. The molecule has 0 saturated heterocycles. The number of fused-ring (bicyclic) bond motifs is 3. The molecule has 0 spiro atoms. The molecule has 0 fully saturated rings. The summed E-state index contributed by atoms with van der Waals surface area (Å²) >= 11 is 0. The standard InChI is InChI=1S/C12H10N4O/c1-6(13)15-9-4-2-3-7-10(9)12(17)8-5-14-16-11(7)8/h2-5,15H,1,13H2,(H,14,16). The number of benzene rings is 1. The Morgan fingerprint density at radius 1 is 1.41 bits per heavy atom. The number of aromatic amines is 1. The summed E-state index contributed by atoms with van der Waals surface area (Å²) in [6.07, 6.45) is 1.54. The predicted molar refractivity (Wildman–Crippen MR) is 64.4 cm³/mol. The fraction of sp³-hybridized carbons (Fsp3) is 0. The monoisotopic (exact) mass is 226 g/mol. The van der Waals surface area contributed by atoms with E-state index in [2.05, 4.69) is 22.1 Å². The molecule has 17 heavy (non-hydrogen) atoms. The minimum atomic E-state index is -0.0481. The highest BCUT2D eigenvalue weighted by Crippen LogP contribution is 2.38. The molecule has 0 aliphatic heterocycles. The third kappa shape index (κ3) is 1.25. The van der Waals surface area contributed by atoms with Crippen molar-refractivity contribution in [3.05, 3.63) is 47.9 Å². The van der Waals surface area contributed by atoms with Gasteiger partial charge in [0.15, 0.2) is 5.78 Å². The largest absolute Gasteiger partial charge is 0.386 e. The van der Waals surface area contributed by atoms with Gasteiger partial charge in [-0.25, -0.2) is 0 Å². The van der Waals surface area contributed by atoms with Crippen LogP contribution in [0.2, 0.25) is 0 Å². The Hall–Kier alpha value is -2.56. The molecule has 1 aliphatic carbocycles. The number of nitrogens with one attached hydrogen (secondary N) is 2. The molecule has 0 saturated carbocycles. The molecule has 1 aromatic heterocycles. The number of hydrogen-bond donors (Lipinski definition) is 3. The summed E-state index contributed by atoms with van der Waals surface area (Å²) < 4.78 is 0. The van der Waals surface area contributed by atoms with E-state index >= 15 is 0 Å². The van der Waals surface area contributed by atoms with E-state index in [1.165, 1.54) is 0 Å². The van der Waals surface area contributed by atoms with Crippen LogP contribution in [0.4, 0.5) is 5.69 Å². The van der Waals surface area contributed by atoms with Gasteiger partial charge in [-0.3, -0.25) is 9.89 Å². The van der Waals surface area contributed by atoms with Crippen LogP contribution in [-0.4, -0.2) is 16.0 Å². The first-order valence-electron chi connectivity index (χ1n) is 5.11. The Bertz CT molecular complexity index is 642. The van der Waals surface area contributed by atoms with E-state index in [0.29, 0.717) is 22.6 Å². The van der Waals surface area contributed by atoms with Gasteiger partial charge < -0.3 is 11.1 Å². The third-order valence-corrected chi connectivity index (χ3v) is 2.74. The second kappa shape index (κ2) is 3.21. The topological polar surface area (TPSA) is 83.8 Å². The molecule has 0 bridgehead atoms. The maximum Gasteiger partial charge on any atom is 0.199 e. The Morgan fingerprint density at radius 2 is 2.24 bits per heavy atom. The molecule has 5 heteroatoms. The third-order valence-electron chi connectivity index (χ3n) is 2.74. The molecule has 2 aromatic rings. The van der Waals surface area contributed by atoms with E-state index in [9.17, 15) is 4.79 Å². The molecule has 4 N–H and O–H groups in total. The van der Waals surface area contributed by atoms with E-state index in [-0.39, 0.29) is 5.78 Å². The fourth-order valence-corrected chi connectivity index (χ4v) is 2.08. The van der Waals surface area contributed by atoms with Crippen molar-refractivity contribution in [2.45, 2.75) is 0 Å². The van der Waals surface area contributed by atoms with Crippen LogP contribution < -0.4 is 11.1 Å². The van der Waals surface area contributed by atoms with Crippen molar-refractivity contribution in [2.75, 3.05) is 5.32 Å². The van der Waals surface area contributed by atoms with Crippen LogP contribution in [0.5, 0.6) is 0 Å². The van der Waals surface area contributed by atoms with E-state index in [4.69, 9.17) is 5.73 Å². The lowest BCUT2D eigenvalue weighted by Gasteiger charge is -2.09. The van der Waals surface area contributed by atoms with Crippen LogP contribution in [0.1, 0.15) is 15.9 Å². The summed E-state index contributed by atoms with van der Waals surface area (Å²) in [6.45, 7) is 3.57. The lowest BCUT2D eigenvalue weighted by atomic mass is 10.1. The molecule has 1 aliphatic rings. The summed E-state index contributed by atoms with van der Waals surface area (Å²) in [6, 6.07) is 5.53. The van der Waals surface area contributed by atoms with Crippen LogP contribution in [0.25, 0.3) is 11.3 Å². The van der Waals surface area contributed by atoms with Crippen molar-refractivity contribution in [3.63, 3.8) is 0 Å². The summed E-state index contributed by atoms with van der Waals surface area (Å²) in [5.41, 5.74) is 8.99. The van der Waals surface area contributed by atoms with Gasteiger partial charge in [-0.2, -0.15) is 5.10 Å². The average Bonchev–Trinajstić information content (AvgIpc) is 2.83. The van der Waals surface area contributed by atoms with Gasteiger partial charge in [-0.05, 0) is 6.07 Å². The second-order valence-electron chi connectivity index (χ2n) is 3.87. The minimum absolute atomic E-state index is 0.0481. The zero-order chi connectivity index (χ0) is 12.0. The fourth-order valence-electron chi connectivity index (χ4n) is 2.08. The highest BCUT2D eigenvalue weighted by atomic mass is 16.1. The van der Waals surface area contributed by atoms with Crippen molar-refractivity contribution in [1.29, 1.82) is 0 Å². The molecule has 3 rings (SSSR count). The predicted octanol–water partition coefficient (Wildman–Crippen LogP) is 1.46. The van der Waals surface area contributed by atoms with Crippen LogP contribution in [0.15, 0.2) is 36.8 Å². The number of aromatic nitrogens is 2. The molecule has 0 unspecified atom stereocenters. The number of anilines is 1. The maximum atomic E-state index is 12.2. The number of H-pyrrole nitrogens is 1. The molecule has 5 nitrogen and oxygen atoms in total. The zero-order valence-electron chi connectivity index (χ0n) is 8.95. The number of carbonyl (C=O) groups is 1. The van der Waals surface area contributed by atoms with Gasteiger partial charge in [0.05, 0.1) is 34.5 Å². The van der Waals surface area contributed by atoms with Gasteiger partial charge in [0.25, 0.3) is 0 Å². The van der Waals surface area contributed by atoms with Crippen molar-refractivity contribution >= 4 is 11.5 Å². The lowest BCUT2D eigenvalue weighted by Crippen LogP contribution is -2.10. The van der Waals surface area contributed by atoms with Crippen molar-refractivity contribution in [1.82, 2.24) is 10.2 Å². The van der Waals surface area contributed by atoms with Crippen molar-refractivity contribution in [3.8, 4) is 11.3 Å². The van der Waals surface area contributed by atoms with Gasteiger partial charge >= 0.3 is 0 Å². The number of hydrogen-bond acceptors (Lipinski definition) is 4. The second-order valence-corrected chi connectivity index (χ2v) is 3.87. The smallest absolute Gasteiger partial charge is 0.199 e. The highest BCUT2D eigenvalue weighted by molar-refractivity contribution is 6.23. The van der Waals surface area contributed by atoms with Gasteiger partial charge in [-0.1, -0.05) is 18.7 Å². The molecule has 0 amide bonds. The highest BCUT2D eigenvalue weighted by Gasteiger charge is 2.30. The van der Waals surface area contributed by atoms with E-state index < -0.39 is 0 Å². The Labute approximate surface area is 97.3 Å². The molecule has 1 aromatic carbocycles. The van der Waals surface area contributed by atoms with Gasteiger partial charge in [-0.15, -0.1) is 0 Å². The first-order valence-corrected chi connectivity index (χ1v) is 5.11. The SMILES string of the molecule is C=C(N)Nc1cccc2c1C(=O)c1cn[nH]c1-2. The normalized spacial score (nSPS) is 12.1. The number of rotatable bonds is 2. The average molecular weight is 226 g/mol. The van der Waals surface area contributed by atoms with Crippen LogP contribution >= 0.6 is 0 Å². The molecular weight excluding hydrogens is 216 g/mol. The zero-order valence-corrected chi connectivity index (χ0v) is 8.95. The van der Waals surface area contributed by atoms with Crippen molar-refractivity contribution < 1.29 is 4.79 Å². The van der Waals surface area contributed by atoms with Crippen LogP contribution in [0, 0.1) is 0 Å². The first kappa shape index (κ1) is 9.65. The number of ketones is 1. The van der Waals surface area contributed by atoms with Crippen LogP contribution in [-0.2, 0) is 0 Å². The van der Waals surface area contributed by atoms with Crippen LogP contribution in [0.3, 0.4) is 0 Å². The van der Waals surface area contributed by atoms with Gasteiger partial charge in [0, 0.05) is 5.56 Å². The number of nitrogens with two attached hydrogens (primary N) is 1. The summed E-state index contributed by atoms with van der Waals surface area (Å²) in [7, 11) is 0. The van der Waals surface area contributed by atoms with Crippen molar-refractivity contribution in [2.24, 2.45) is 5.73 Å². The lowest BCUT2D eigenvalue weighted by molar-refractivity contribution is 0.104. The molecular formula is C12H10N4O. The van der Waals surface area contributed by atoms with Gasteiger partial charge in [0.1, 0.15) is 0 Å². The Balaban J connectivity index is 2.23. The number of nitrogens with zero attached hydrogens (tertiary/aromatic N) is 1. The molecule has 1 heterocycles. The quantitative estimate of drug-likeness (QED) is 0.617. The van der Waals surface area contributed by atoms with E-state index in [1.807, 2.05) is 12.1 Å².